The quantitative estimate of drug-likeness (QED) is 0.0346. The molecule has 8 rings (SSSR count). The molecule has 7 heterocycles. The van der Waals surface area contributed by atoms with E-state index in [9.17, 15) is 9.59 Å². The van der Waals surface area contributed by atoms with E-state index in [1.54, 1.807) is 36.9 Å². The molecule has 2 unspecified atom stereocenters. The zero-order chi connectivity index (χ0) is 44.0. The zero-order valence-electron chi connectivity index (χ0n) is 37.1. The number of carbonyl (C=O) groups excluding carboxylic acids is 2. The number of aldehydes is 2. The first-order valence-corrected chi connectivity index (χ1v) is 26.3. The third-order valence-corrected chi connectivity index (χ3v) is 17.5. The molecule has 0 saturated heterocycles. The van der Waals surface area contributed by atoms with Gasteiger partial charge in [-0.1, -0.05) is 66.2 Å². The summed E-state index contributed by atoms with van der Waals surface area (Å²) in [5, 5.41) is 2.23. The number of hydrogen-bond donors (Lipinski definition) is 0. The lowest BCUT2D eigenvalue weighted by Gasteiger charge is -2.20. The minimum atomic E-state index is 0.327. The Bertz CT molecular complexity index is 2640. The Kier molecular flexibility index (Phi) is 15.7. The molecule has 0 amide bonds. The monoisotopic (exact) mass is 954 g/mol. The van der Waals surface area contributed by atoms with Crippen LogP contribution in [0.25, 0.3) is 72.1 Å². The van der Waals surface area contributed by atoms with Crippen molar-refractivity contribution in [2.45, 2.75) is 92.2 Å². The number of thiophene rings is 4. The second kappa shape index (κ2) is 21.4. The van der Waals surface area contributed by atoms with Crippen LogP contribution >= 0.6 is 57.1 Å². The molecule has 0 aliphatic rings. The van der Waals surface area contributed by atoms with Gasteiger partial charge in [-0.05, 0) is 24.7 Å². The van der Waals surface area contributed by atoms with Crippen molar-refractivity contribution < 1.29 is 38.0 Å². The minimum Gasteiger partial charge on any atom is -0.488 e. The SMILES string of the molecule is CCCCC(CC)Cn1c2c3sc(C=O)c(OCCOCCOC)c3sc2c2c3nsnc3c3c4sc5c(OCCOCCOC)c(C=O)sc5c4n(CC(CC)CCCC)c3c21. The summed E-state index contributed by atoms with van der Waals surface area (Å²) in [7, 11) is 3.31. The predicted molar refractivity (Wildman–Crippen MR) is 264 cm³/mol. The summed E-state index contributed by atoms with van der Waals surface area (Å²) in [4.78, 5) is 26.6. The lowest BCUT2D eigenvalue weighted by molar-refractivity contribution is 0.0546. The predicted octanol–water partition coefficient (Wildman–Crippen LogP) is 12.6. The van der Waals surface area contributed by atoms with E-state index in [-0.39, 0.29) is 0 Å². The highest BCUT2D eigenvalue weighted by Gasteiger charge is 2.33. The van der Waals surface area contributed by atoms with Gasteiger partial charge in [-0.3, -0.25) is 9.59 Å². The van der Waals surface area contributed by atoms with E-state index in [1.165, 1.54) is 45.4 Å². The molecule has 1 aromatic carbocycles. The van der Waals surface area contributed by atoms with Crippen LogP contribution in [-0.2, 0) is 32.0 Å². The highest BCUT2D eigenvalue weighted by atomic mass is 32.1. The van der Waals surface area contributed by atoms with Crippen LogP contribution in [0.3, 0.4) is 0 Å². The third-order valence-electron chi connectivity index (χ3n) is 12.2. The van der Waals surface area contributed by atoms with Gasteiger partial charge in [0.05, 0.1) is 102 Å². The fourth-order valence-electron chi connectivity index (χ4n) is 8.86. The van der Waals surface area contributed by atoms with E-state index in [0.29, 0.717) is 85.9 Å². The van der Waals surface area contributed by atoms with Gasteiger partial charge in [-0.2, -0.15) is 8.75 Å². The molecule has 340 valence electrons. The molecule has 63 heavy (non-hydrogen) atoms. The number of benzene rings is 1. The number of fused-ring (bicyclic) bond motifs is 14. The molecule has 2 atom stereocenters. The van der Waals surface area contributed by atoms with E-state index >= 15 is 0 Å². The average molecular weight is 955 g/mol. The minimum absolute atomic E-state index is 0.327. The fraction of sp³-hybridized carbons (Fsp3) is 0.565. The number of rotatable bonds is 28. The van der Waals surface area contributed by atoms with Crippen LogP contribution in [0.1, 0.15) is 98.4 Å². The van der Waals surface area contributed by atoms with Gasteiger partial charge in [0.25, 0.3) is 0 Å². The van der Waals surface area contributed by atoms with E-state index in [1.807, 2.05) is 0 Å². The van der Waals surface area contributed by atoms with Crippen LogP contribution in [0.2, 0.25) is 0 Å². The second-order valence-electron chi connectivity index (χ2n) is 16.1. The molecule has 0 aliphatic carbocycles. The number of carbonyl (C=O) groups is 2. The maximum atomic E-state index is 12.7. The summed E-state index contributed by atoms with van der Waals surface area (Å²) < 4.78 is 56.3. The summed E-state index contributed by atoms with van der Waals surface area (Å²) in [5.74, 6) is 2.14. The highest BCUT2D eigenvalue weighted by Crippen LogP contribution is 2.56. The van der Waals surface area contributed by atoms with Crippen molar-refractivity contribution in [3.05, 3.63) is 9.75 Å². The molecule has 0 N–H and O–H groups in total. The fourth-order valence-corrected chi connectivity index (χ4v) is 14.7. The zero-order valence-corrected chi connectivity index (χ0v) is 41.2. The summed E-state index contributed by atoms with van der Waals surface area (Å²) in [6, 6.07) is 0. The molecule has 7 aromatic heterocycles. The Morgan fingerprint density at radius 3 is 1.35 bits per heavy atom. The molecule has 0 saturated carbocycles. The Morgan fingerprint density at radius 1 is 0.540 bits per heavy atom. The van der Waals surface area contributed by atoms with Crippen molar-refractivity contribution in [2.24, 2.45) is 11.8 Å². The van der Waals surface area contributed by atoms with Gasteiger partial charge >= 0.3 is 0 Å². The number of aromatic nitrogens is 4. The first-order chi connectivity index (χ1) is 31.0. The molecule has 0 aliphatic heterocycles. The number of hydrogen-bond acceptors (Lipinski definition) is 15. The van der Waals surface area contributed by atoms with Crippen molar-refractivity contribution in [1.29, 1.82) is 0 Å². The second-order valence-corrected chi connectivity index (χ2v) is 20.7. The van der Waals surface area contributed by atoms with Gasteiger partial charge in [-0.25, -0.2) is 0 Å². The molecule has 0 radical (unpaired) electrons. The van der Waals surface area contributed by atoms with Gasteiger partial charge in [0, 0.05) is 38.1 Å². The standard InChI is InChI=1S/C46H58N4O8S5/c1-7-11-13-27(9-3)23-49-35-31(41-37(49)43-45(61-41)39(29(25-51)59-43)57-21-19-55-17-15-53-5)33-34(48-63-47-33)32-36(35)50(24-28(10-4)14-12-8-2)38-42(32)62-46-40(30(26-52)60-44(38)46)58-22-20-56-18-16-54-6/h25-28H,7-24H2,1-6H3. The van der Waals surface area contributed by atoms with Crippen LogP contribution in [0.4, 0.5) is 0 Å². The van der Waals surface area contributed by atoms with Crippen LogP contribution in [0.15, 0.2) is 0 Å². The number of unbranched alkanes of at least 4 members (excludes halogenated alkanes) is 2. The van der Waals surface area contributed by atoms with E-state index in [2.05, 4.69) is 36.8 Å². The maximum absolute atomic E-state index is 12.7. The molecular formula is C46H58N4O8S5. The lowest BCUT2D eigenvalue weighted by Crippen LogP contribution is -2.13. The first kappa shape index (κ1) is 46.3. The molecule has 0 spiro atoms. The maximum Gasteiger partial charge on any atom is 0.163 e. The highest BCUT2D eigenvalue weighted by molar-refractivity contribution is 7.35. The van der Waals surface area contributed by atoms with E-state index in [4.69, 9.17) is 37.2 Å². The van der Waals surface area contributed by atoms with Crippen molar-refractivity contribution in [1.82, 2.24) is 17.9 Å². The summed E-state index contributed by atoms with van der Waals surface area (Å²) in [6.07, 6.45) is 10.8. The topological polar surface area (TPSA) is 125 Å². The smallest absolute Gasteiger partial charge is 0.163 e. The van der Waals surface area contributed by atoms with Gasteiger partial charge in [0.15, 0.2) is 24.1 Å². The van der Waals surface area contributed by atoms with E-state index in [0.717, 1.165) is 138 Å². The molecule has 0 fully saturated rings. The number of nitrogens with zero attached hydrogens (tertiary/aromatic N) is 4. The number of ether oxygens (including phenoxy) is 6. The van der Waals surface area contributed by atoms with Crippen molar-refractivity contribution in [3.8, 4) is 11.5 Å². The first-order valence-electron chi connectivity index (χ1n) is 22.3. The normalized spacial score (nSPS) is 13.4. The number of methoxy groups -OCH3 is 2. The Morgan fingerprint density at radius 2 is 0.968 bits per heavy atom. The van der Waals surface area contributed by atoms with Gasteiger partial charge in [0.2, 0.25) is 0 Å². The van der Waals surface area contributed by atoms with Crippen LogP contribution in [0, 0.1) is 11.8 Å². The van der Waals surface area contributed by atoms with E-state index < -0.39 is 0 Å². The molecule has 12 nitrogen and oxygen atoms in total. The van der Waals surface area contributed by atoms with Gasteiger partial charge in [-0.15, -0.1) is 45.3 Å². The summed E-state index contributed by atoms with van der Waals surface area (Å²) >= 11 is 7.70. The summed E-state index contributed by atoms with van der Waals surface area (Å²) in [6.45, 7) is 14.2. The summed E-state index contributed by atoms with van der Waals surface area (Å²) in [5.41, 5.74) is 6.44. The third kappa shape index (κ3) is 8.78. The van der Waals surface area contributed by atoms with Gasteiger partial charge < -0.3 is 37.6 Å². The van der Waals surface area contributed by atoms with Gasteiger partial charge in [0.1, 0.15) is 34.0 Å². The van der Waals surface area contributed by atoms with Crippen molar-refractivity contribution in [3.63, 3.8) is 0 Å². The molecular weight excluding hydrogens is 897 g/mol. The Labute approximate surface area is 387 Å². The Balaban J connectivity index is 1.42. The van der Waals surface area contributed by atoms with Crippen molar-refractivity contribution >= 4 is 142 Å². The van der Waals surface area contributed by atoms with Crippen LogP contribution in [0.5, 0.6) is 11.5 Å². The van der Waals surface area contributed by atoms with Crippen LogP contribution in [-0.4, -0.2) is 97.5 Å². The molecule has 8 aromatic rings. The molecule has 17 heteroatoms. The Hall–Kier alpha value is -3.26. The largest absolute Gasteiger partial charge is 0.488 e. The lowest BCUT2D eigenvalue weighted by atomic mass is 9.99. The average Bonchev–Trinajstić information content (AvgIpc) is 4.17. The van der Waals surface area contributed by atoms with Crippen LogP contribution < -0.4 is 9.47 Å². The molecule has 0 bridgehead atoms. The van der Waals surface area contributed by atoms with Crippen molar-refractivity contribution in [2.75, 3.05) is 67.1 Å².